The van der Waals surface area contributed by atoms with Crippen LogP contribution in [0.15, 0.2) is 43.0 Å². The van der Waals surface area contributed by atoms with Crippen molar-refractivity contribution in [3.05, 3.63) is 71.3 Å². The van der Waals surface area contributed by atoms with Gasteiger partial charge in [-0.25, -0.2) is 15.0 Å². The van der Waals surface area contributed by atoms with Crippen LogP contribution in [-0.2, 0) is 22.6 Å². The maximum atomic E-state index is 13.5. The van der Waals surface area contributed by atoms with Crippen LogP contribution in [0, 0.1) is 19.8 Å². The second-order valence-corrected chi connectivity index (χ2v) is 10.9. The monoisotopic (exact) mass is 573 g/mol. The molecule has 0 spiro atoms. The van der Waals surface area contributed by atoms with E-state index in [1.807, 2.05) is 46.9 Å². The van der Waals surface area contributed by atoms with Gasteiger partial charge in [0, 0.05) is 63.9 Å². The third-order valence-electron chi connectivity index (χ3n) is 8.24. The molecule has 3 amide bonds. The van der Waals surface area contributed by atoms with E-state index < -0.39 is 0 Å². The fourth-order valence-corrected chi connectivity index (χ4v) is 5.94. The number of likely N-dealkylation sites (tertiary alicyclic amines) is 1. The molecule has 2 aromatic heterocycles. The number of aromatic nitrogens is 4. The molecular formula is C31H39N7O4. The van der Waals surface area contributed by atoms with Crippen molar-refractivity contribution < 1.29 is 19.1 Å². The number of hydrogen-bond donors (Lipinski definition) is 1. The molecule has 2 aliphatic rings. The average Bonchev–Trinajstić information content (AvgIpc) is 3.64. The standard InChI is InChI=1S/C31H39N7O4/c1-4-27-32-11-14-36(27)13-9-28(39)38-18-25-23-7-5-8-24(17-23)42-16-15-37(12-6-10-33-30(40)26(25)19-38)31(41)29-21(2)34-20-35-22(29)3/h5,7-8,11,14,17,20,25-26H,4,6,9-10,12-13,15-16,18-19H2,1-3H3,(H,33,40)/t25-,26+/m1/s1. The number of ether oxygens (including phenoxy) is 1. The van der Waals surface area contributed by atoms with Crippen LogP contribution in [0.4, 0.5) is 0 Å². The Kier molecular flexibility index (Phi) is 9.14. The number of carbonyl (C=O) groups is 3. The van der Waals surface area contributed by atoms with Crippen molar-refractivity contribution in [1.29, 1.82) is 0 Å². The molecule has 1 saturated heterocycles. The lowest BCUT2D eigenvalue weighted by Crippen LogP contribution is -2.40. The van der Waals surface area contributed by atoms with Gasteiger partial charge in [0.1, 0.15) is 24.5 Å². The average molecular weight is 574 g/mol. The highest BCUT2D eigenvalue weighted by Gasteiger charge is 2.40. The lowest BCUT2D eigenvalue weighted by Gasteiger charge is -2.25. The Morgan fingerprint density at radius 1 is 1.05 bits per heavy atom. The summed E-state index contributed by atoms with van der Waals surface area (Å²) in [4.78, 5) is 56.6. The number of aryl methyl sites for hydroxylation is 4. The van der Waals surface area contributed by atoms with Crippen molar-refractivity contribution >= 4 is 17.7 Å². The first-order valence-electron chi connectivity index (χ1n) is 14.7. The van der Waals surface area contributed by atoms with Gasteiger partial charge in [0.25, 0.3) is 5.91 Å². The van der Waals surface area contributed by atoms with Crippen LogP contribution < -0.4 is 10.1 Å². The number of benzene rings is 1. The molecule has 2 aliphatic heterocycles. The molecule has 1 fully saturated rings. The first-order chi connectivity index (χ1) is 20.4. The number of imidazole rings is 1. The largest absolute Gasteiger partial charge is 0.492 e. The van der Waals surface area contributed by atoms with Crippen LogP contribution >= 0.6 is 0 Å². The Morgan fingerprint density at radius 2 is 1.83 bits per heavy atom. The maximum Gasteiger partial charge on any atom is 0.257 e. The van der Waals surface area contributed by atoms with Crippen LogP contribution in [-0.4, -0.2) is 86.4 Å². The van der Waals surface area contributed by atoms with E-state index in [2.05, 4.69) is 20.3 Å². The zero-order valence-corrected chi connectivity index (χ0v) is 24.6. The van der Waals surface area contributed by atoms with E-state index in [0.29, 0.717) is 81.4 Å². The summed E-state index contributed by atoms with van der Waals surface area (Å²) in [6, 6.07) is 7.74. The normalized spacial score (nSPS) is 19.5. The van der Waals surface area contributed by atoms with E-state index in [1.165, 1.54) is 6.33 Å². The third kappa shape index (κ3) is 6.45. The van der Waals surface area contributed by atoms with Gasteiger partial charge in [-0.15, -0.1) is 0 Å². The number of rotatable bonds is 5. The van der Waals surface area contributed by atoms with Crippen molar-refractivity contribution in [3.8, 4) is 5.75 Å². The van der Waals surface area contributed by atoms with E-state index in [4.69, 9.17) is 4.74 Å². The molecule has 222 valence electrons. The SMILES string of the molecule is CCc1nccn1CCC(=O)N1C[C@@H]2C(=O)NCCCN(C(=O)c3c(C)ncnc3C)CCOc3cccc(c3)[C@H]2C1. The van der Waals surface area contributed by atoms with Gasteiger partial charge in [0.15, 0.2) is 0 Å². The number of nitrogens with one attached hydrogen (secondary N) is 1. The number of nitrogens with zero attached hydrogens (tertiary/aromatic N) is 6. The van der Waals surface area contributed by atoms with Gasteiger partial charge in [-0.2, -0.15) is 0 Å². The highest BCUT2D eigenvalue weighted by molar-refractivity contribution is 5.96. The Bertz CT molecular complexity index is 1420. The molecule has 2 atom stereocenters. The van der Waals surface area contributed by atoms with Crippen LogP contribution in [0.2, 0.25) is 0 Å². The lowest BCUT2D eigenvalue weighted by atomic mass is 9.88. The summed E-state index contributed by atoms with van der Waals surface area (Å²) >= 11 is 0. The molecule has 1 aromatic carbocycles. The Labute approximate surface area is 246 Å². The number of hydrogen-bond acceptors (Lipinski definition) is 7. The van der Waals surface area contributed by atoms with E-state index in [-0.39, 0.29) is 29.6 Å². The van der Waals surface area contributed by atoms with E-state index in [9.17, 15) is 14.4 Å². The minimum Gasteiger partial charge on any atom is -0.492 e. The molecule has 0 aliphatic carbocycles. The van der Waals surface area contributed by atoms with Crippen LogP contribution in [0.1, 0.15) is 58.8 Å². The zero-order valence-electron chi connectivity index (χ0n) is 24.6. The fourth-order valence-electron chi connectivity index (χ4n) is 5.94. The molecule has 5 rings (SSSR count). The molecule has 4 heterocycles. The van der Waals surface area contributed by atoms with Gasteiger partial charge < -0.3 is 24.4 Å². The van der Waals surface area contributed by atoms with Gasteiger partial charge in [-0.1, -0.05) is 19.1 Å². The summed E-state index contributed by atoms with van der Waals surface area (Å²) in [5.41, 5.74) is 2.73. The van der Waals surface area contributed by atoms with Crippen molar-refractivity contribution in [1.82, 2.24) is 34.6 Å². The van der Waals surface area contributed by atoms with Gasteiger partial charge >= 0.3 is 0 Å². The van der Waals surface area contributed by atoms with Gasteiger partial charge in [-0.05, 0) is 38.0 Å². The van der Waals surface area contributed by atoms with Gasteiger partial charge in [0.2, 0.25) is 11.8 Å². The van der Waals surface area contributed by atoms with Crippen LogP contribution in [0.5, 0.6) is 5.75 Å². The molecule has 42 heavy (non-hydrogen) atoms. The first-order valence-corrected chi connectivity index (χ1v) is 14.7. The fraction of sp³-hybridized carbons (Fsp3) is 0.484. The number of carbonyl (C=O) groups excluding carboxylic acids is 3. The minimum atomic E-state index is -0.379. The van der Waals surface area contributed by atoms with Crippen molar-refractivity contribution in [2.24, 2.45) is 5.92 Å². The second kappa shape index (κ2) is 13.1. The van der Waals surface area contributed by atoms with Crippen molar-refractivity contribution in [3.63, 3.8) is 0 Å². The topological polar surface area (TPSA) is 123 Å². The maximum absolute atomic E-state index is 13.5. The van der Waals surface area contributed by atoms with Gasteiger partial charge in [0.05, 0.1) is 29.4 Å². The number of amides is 3. The minimum absolute atomic E-state index is 0.0287. The molecule has 2 bridgehead atoms. The Morgan fingerprint density at radius 3 is 2.62 bits per heavy atom. The zero-order chi connectivity index (χ0) is 29.6. The molecule has 0 unspecified atom stereocenters. The summed E-state index contributed by atoms with van der Waals surface area (Å²) in [5.74, 6) is 0.912. The third-order valence-corrected chi connectivity index (χ3v) is 8.24. The molecule has 3 aromatic rings. The van der Waals surface area contributed by atoms with Crippen molar-refractivity contribution in [2.75, 3.05) is 39.3 Å². The summed E-state index contributed by atoms with van der Waals surface area (Å²) in [6.07, 6.45) is 6.86. The van der Waals surface area contributed by atoms with Gasteiger partial charge in [-0.3, -0.25) is 14.4 Å². The molecule has 1 N–H and O–H groups in total. The first kappa shape index (κ1) is 29.2. The van der Waals surface area contributed by atoms with E-state index in [0.717, 1.165) is 17.8 Å². The van der Waals surface area contributed by atoms with Crippen LogP contribution in [0.3, 0.4) is 0 Å². The highest BCUT2D eigenvalue weighted by Crippen LogP contribution is 2.35. The quantitative estimate of drug-likeness (QED) is 0.498. The summed E-state index contributed by atoms with van der Waals surface area (Å²) in [5, 5.41) is 3.08. The molecule has 11 nitrogen and oxygen atoms in total. The highest BCUT2D eigenvalue weighted by atomic mass is 16.5. The smallest absolute Gasteiger partial charge is 0.257 e. The second-order valence-electron chi connectivity index (χ2n) is 10.9. The molecule has 11 heteroatoms. The number of fused-ring (bicyclic) bond motifs is 4. The Hall–Kier alpha value is -4.28. The Balaban J connectivity index is 1.31. The summed E-state index contributed by atoms with van der Waals surface area (Å²) < 4.78 is 8.12. The molecule has 0 saturated carbocycles. The van der Waals surface area contributed by atoms with E-state index >= 15 is 0 Å². The van der Waals surface area contributed by atoms with E-state index in [1.54, 1.807) is 24.9 Å². The summed E-state index contributed by atoms with van der Waals surface area (Å²) in [6.45, 7) is 8.63. The van der Waals surface area contributed by atoms with Crippen molar-refractivity contribution in [2.45, 2.75) is 52.5 Å². The predicted octanol–water partition coefficient (Wildman–Crippen LogP) is 2.53. The predicted molar refractivity (Wildman–Crippen MR) is 156 cm³/mol. The lowest BCUT2D eigenvalue weighted by molar-refractivity contribution is -0.131. The molecule has 0 radical (unpaired) electrons. The van der Waals surface area contributed by atoms with Crippen LogP contribution in [0.25, 0.3) is 0 Å². The molecular weight excluding hydrogens is 534 g/mol. The summed E-state index contributed by atoms with van der Waals surface area (Å²) in [7, 11) is 0.